The Hall–Kier alpha value is -4.68. The zero-order valence-corrected chi connectivity index (χ0v) is 19.9. The molecule has 0 N–H and O–H groups in total. The fourth-order valence-electron chi connectivity index (χ4n) is 5.65. The van der Waals surface area contributed by atoms with Crippen molar-refractivity contribution in [1.29, 1.82) is 0 Å². The van der Waals surface area contributed by atoms with Gasteiger partial charge in [-0.15, -0.1) is 0 Å². The first kappa shape index (κ1) is 20.7. The van der Waals surface area contributed by atoms with Gasteiger partial charge in [0, 0.05) is 0 Å². The van der Waals surface area contributed by atoms with Crippen molar-refractivity contribution < 1.29 is 0 Å². The van der Waals surface area contributed by atoms with Gasteiger partial charge in [0.15, 0.2) is 0 Å². The average molecular weight is 457 g/mol. The molecule has 0 aliphatic rings. The SMILES string of the molecule is c1ccc(-c2c3ccccc3c(-c3ccccc3)c3c(-c4ccc5ccccc5c4)cccc23)cc1. The first-order chi connectivity index (χ1) is 17.9. The Morgan fingerprint density at radius 1 is 0.306 bits per heavy atom. The highest BCUT2D eigenvalue weighted by atomic mass is 14.2. The Balaban J connectivity index is 1.69. The van der Waals surface area contributed by atoms with E-state index in [0.29, 0.717) is 0 Å². The van der Waals surface area contributed by atoms with Gasteiger partial charge >= 0.3 is 0 Å². The lowest BCUT2D eigenvalue weighted by molar-refractivity contribution is 1.64. The predicted molar refractivity (Wildman–Crippen MR) is 155 cm³/mol. The highest BCUT2D eigenvalue weighted by molar-refractivity contribution is 6.24. The molecular formula is C36H24. The summed E-state index contributed by atoms with van der Waals surface area (Å²) in [5.41, 5.74) is 7.58. The minimum Gasteiger partial charge on any atom is -0.0622 e. The standard InChI is InChI=1S/C36H24/c1-3-13-26(14-4-1)34-31-18-9-10-19-32(31)35(27-15-5-2-6-16-27)36-30(20-11-21-33(34)36)29-23-22-25-12-7-8-17-28(25)24-29/h1-24H. The lowest BCUT2D eigenvalue weighted by Crippen LogP contribution is -1.93. The van der Waals surface area contributed by atoms with E-state index in [-0.39, 0.29) is 0 Å². The van der Waals surface area contributed by atoms with E-state index in [1.165, 1.54) is 65.7 Å². The van der Waals surface area contributed by atoms with E-state index in [1.54, 1.807) is 0 Å². The van der Waals surface area contributed by atoms with Crippen LogP contribution in [0.5, 0.6) is 0 Å². The highest BCUT2D eigenvalue weighted by Crippen LogP contribution is 2.47. The maximum absolute atomic E-state index is 2.33. The van der Waals surface area contributed by atoms with Crippen LogP contribution in [0.4, 0.5) is 0 Å². The third-order valence-electron chi connectivity index (χ3n) is 7.23. The van der Waals surface area contributed by atoms with Crippen LogP contribution in [0.15, 0.2) is 146 Å². The molecule has 0 amide bonds. The molecule has 0 heterocycles. The van der Waals surface area contributed by atoms with Gasteiger partial charge in [-0.25, -0.2) is 0 Å². The van der Waals surface area contributed by atoms with Crippen molar-refractivity contribution in [2.45, 2.75) is 0 Å². The van der Waals surface area contributed by atoms with Crippen molar-refractivity contribution in [2.75, 3.05) is 0 Å². The fraction of sp³-hybridized carbons (Fsp3) is 0. The smallest absolute Gasteiger partial charge is 0.00141 e. The van der Waals surface area contributed by atoms with Gasteiger partial charge in [0.05, 0.1) is 0 Å². The van der Waals surface area contributed by atoms with Crippen LogP contribution in [0.3, 0.4) is 0 Å². The van der Waals surface area contributed by atoms with E-state index in [2.05, 4.69) is 146 Å². The largest absolute Gasteiger partial charge is 0.0622 e. The molecule has 0 saturated heterocycles. The number of benzene rings is 7. The third-order valence-corrected chi connectivity index (χ3v) is 7.23. The van der Waals surface area contributed by atoms with Crippen LogP contribution in [0.2, 0.25) is 0 Å². The van der Waals surface area contributed by atoms with Gasteiger partial charge in [0.25, 0.3) is 0 Å². The lowest BCUT2D eigenvalue weighted by atomic mass is 9.83. The predicted octanol–water partition coefficient (Wildman–Crippen LogP) is 10.1. The number of hydrogen-bond donors (Lipinski definition) is 0. The number of fused-ring (bicyclic) bond motifs is 3. The Morgan fingerprint density at radius 2 is 0.861 bits per heavy atom. The van der Waals surface area contributed by atoms with Crippen LogP contribution >= 0.6 is 0 Å². The first-order valence-electron chi connectivity index (χ1n) is 12.5. The van der Waals surface area contributed by atoms with Crippen LogP contribution in [0, 0.1) is 0 Å². The van der Waals surface area contributed by atoms with Crippen LogP contribution in [0.25, 0.3) is 65.7 Å². The molecule has 0 aromatic heterocycles. The number of hydrogen-bond acceptors (Lipinski definition) is 0. The molecule has 0 aliphatic carbocycles. The molecule has 0 heteroatoms. The summed E-state index contributed by atoms with van der Waals surface area (Å²) in [6, 6.07) is 52.7. The zero-order chi connectivity index (χ0) is 23.9. The molecular weight excluding hydrogens is 432 g/mol. The summed E-state index contributed by atoms with van der Waals surface area (Å²) in [5, 5.41) is 7.67. The van der Waals surface area contributed by atoms with E-state index in [4.69, 9.17) is 0 Å². The van der Waals surface area contributed by atoms with Crippen molar-refractivity contribution in [2.24, 2.45) is 0 Å². The monoisotopic (exact) mass is 456 g/mol. The van der Waals surface area contributed by atoms with Crippen LogP contribution in [-0.4, -0.2) is 0 Å². The van der Waals surface area contributed by atoms with Gasteiger partial charge in [-0.1, -0.05) is 140 Å². The molecule has 0 fully saturated rings. The van der Waals surface area contributed by atoms with Gasteiger partial charge in [-0.3, -0.25) is 0 Å². The van der Waals surface area contributed by atoms with Gasteiger partial charge in [0.2, 0.25) is 0 Å². The molecule has 7 rings (SSSR count). The van der Waals surface area contributed by atoms with Gasteiger partial charge in [-0.2, -0.15) is 0 Å². The molecule has 7 aromatic carbocycles. The average Bonchev–Trinajstić information content (AvgIpc) is 2.96. The summed E-state index contributed by atoms with van der Waals surface area (Å²) in [6.07, 6.45) is 0. The van der Waals surface area contributed by atoms with Gasteiger partial charge in [-0.05, 0) is 71.8 Å². The molecule has 0 aliphatic heterocycles. The summed E-state index contributed by atoms with van der Waals surface area (Å²) < 4.78 is 0. The van der Waals surface area contributed by atoms with E-state index < -0.39 is 0 Å². The normalized spacial score (nSPS) is 11.3. The Labute approximate surface area is 211 Å². The van der Waals surface area contributed by atoms with Crippen molar-refractivity contribution in [3.63, 3.8) is 0 Å². The maximum Gasteiger partial charge on any atom is -0.00141 e. The highest BCUT2D eigenvalue weighted by Gasteiger charge is 2.19. The summed E-state index contributed by atoms with van der Waals surface area (Å²) in [5.74, 6) is 0. The topological polar surface area (TPSA) is 0 Å². The Bertz CT molecular complexity index is 1860. The Morgan fingerprint density at radius 3 is 1.58 bits per heavy atom. The minimum absolute atomic E-state index is 1.24. The first-order valence-corrected chi connectivity index (χ1v) is 12.5. The quantitative estimate of drug-likeness (QED) is 0.232. The molecule has 0 radical (unpaired) electrons. The van der Waals surface area contributed by atoms with E-state index >= 15 is 0 Å². The third kappa shape index (κ3) is 3.31. The molecule has 7 aromatic rings. The van der Waals surface area contributed by atoms with Crippen molar-refractivity contribution in [1.82, 2.24) is 0 Å². The zero-order valence-electron chi connectivity index (χ0n) is 19.9. The molecule has 168 valence electrons. The molecule has 0 saturated carbocycles. The van der Waals surface area contributed by atoms with E-state index in [0.717, 1.165) is 0 Å². The molecule has 0 nitrogen and oxygen atoms in total. The van der Waals surface area contributed by atoms with E-state index in [9.17, 15) is 0 Å². The van der Waals surface area contributed by atoms with Gasteiger partial charge in [0.1, 0.15) is 0 Å². The number of rotatable bonds is 3. The second kappa shape index (κ2) is 8.52. The second-order valence-corrected chi connectivity index (χ2v) is 9.32. The summed E-state index contributed by atoms with van der Waals surface area (Å²) in [4.78, 5) is 0. The maximum atomic E-state index is 2.33. The van der Waals surface area contributed by atoms with Crippen LogP contribution in [-0.2, 0) is 0 Å². The molecule has 0 unspecified atom stereocenters. The lowest BCUT2D eigenvalue weighted by Gasteiger charge is -2.20. The fourth-order valence-corrected chi connectivity index (χ4v) is 5.65. The second-order valence-electron chi connectivity index (χ2n) is 9.32. The summed E-state index contributed by atoms with van der Waals surface area (Å²) in [7, 11) is 0. The Kier molecular flexibility index (Phi) is 4.89. The summed E-state index contributed by atoms with van der Waals surface area (Å²) in [6.45, 7) is 0. The van der Waals surface area contributed by atoms with E-state index in [1.807, 2.05) is 0 Å². The van der Waals surface area contributed by atoms with Crippen molar-refractivity contribution in [3.05, 3.63) is 146 Å². The van der Waals surface area contributed by atoms with Crippen molar-refractivity contribution >= 4 is 32.3 Å². The molecule has 0 bridgehead atoms. The summed E-state index contributed by atoms with van der Waals surface area (Å²) >= 11 is 0. The molecule has 0 spiro atoms. The van der Waals surface area contributed by atoms with Crippen LogP contribution < -0.4 is 0 Å². The molecule has 0 atom stereocenters. The minimum atomic E-state index is 1.24. The molecule has 36 heavy (non-hydrogen) atoms. The van der Waals surface area contributed by atoms with Crippen molar-refractivity contribution in [3.8, 4) is 33.4 Å². The van der Waals surface area contributed by atoms with Gasteiger partial charge < -0.3 is 0 Å². The van der Waals surface area contributed by atoms with Crippen LogP contribution in [0.1, 0.15) is 0 Å².